The van der Waals surface area contributed by atoms with Gasteiger partial charge in [0.25, 0.3) is 0 Å². The molecule has 0 aromatic rings. The largest absolute Gasteiger partial charge is 0.401 e. The summed E-state index contributed by atoms with van der Waals surface area (Å²) in [6, 6.07) is 0. The third kappa shape index (κ3) is 8.03. The van der Waals surface area contributed by atoms with Crippen molar-refractivity contribution >= 4 is 6.72 Å². The molecule has 0 aliphatic heterocycles. The Bertz CT molecular complexity index is 187. The quantitative estimate of drug-likeness (QED) is 0.362. The summed E-state index contributed by atoms with van der Waals surface area (Å²) in [6.45, 7) is 8.55. The van der Waals surface area contributed by atoms with Crippen molar-refractivity contribution in [3.63, 3.8) is 0 Å². The van der Waals surface area contributed by atoms with E-state index in [9.17, 15) is 0 Å². The van der Waals surface area contributed by atoms with Gasteiger partial charge in [-0.15, -0.1) is 0 Å². The van der Waals surface area contributed by atoms with Gasteiger partial charge in [-0.25, -0.2) is 0 Å². The van der Waals surface area contributed by atoms with Gasteiger partial charge in [-0.1, -0.05) is 32.6 Å². The van der Waals surface area contributed by atoms with Crippen LogP contribution in [0.3, 0.4) is 0 Å². The Labute approximate surface area is 94.0 Å². The number of nitrogens with two attached hydrogens (primary N) is 1. The standard InChI is InChI=1S/C12H25N3/c1-4-6-7-8-9-10-12(13)11-15(5-2)14-3/h11H,3-10,13H2,1-2H3/b12-11-. The summed E-state index contributed by atoms with van der Waals surface area (Å²) < 4.78 is 0. The first-order valence-electron chi connectivity index (χ1n) is 5.94. The van der Waals surface area contributed by atoms with Gasteiger partial charge < -0.3 is 5.73 Å². The predicted molar refractivity (Wildman–Crippen MR) is 67.6 cm³/mol. The molecule has 88 valence electrons. The molecule has 0 saturated carbocycles. The number of hydrogen-bond donors (Lipinski definition) is 1. The van der Waals surface area contributed by atoms with Gasteiger partial charge >= 0.3 is 0 Å². The maximum Gasteiger partial charge on any atom is 0.0419 e. The first kappa shape index (κ1) is 14.0. The Morgan fingerprint density at radius 1 is 1.27 bits per heavy atom. The van der Waals surface area contributed by atoms with Crippen LogP contribution >= 0.6 is 0 Å². The summed E-state index contributed by atoms with van der Waals surface area (Å²) in [5.41, 5.74) is 6.78. The minimum absolute atomic E-state index is 0.819. The van der Waals surface area contributed by atoms with E-state index in [2.05, 4.69) is 18.7 Å². The van der Waals surface area contributed by atoms with Crippen molar-refractivity contribution in [1.82, 2.24) is 5.01 Å². The fourth-order valence-electron chi connectivity index (χ4n) is 1.42. The Balaban J connectivity index is 3.62. The highest BCUT2D eigenvalue weighted by molar-refractivity contribution is 5.22. The van der Waals surface area contributed by atoms with Crippen LogP contribution in [-0.4, -0.2) is 18.3 Å². The van der Waals surface area contributed by atoms with Crippen LogP contribution < -0.4 is 5.73 Å². The van der Waals surface area contributed by atoms with Gasteiger partial charge in [0.1, 0.15) is 0 Å². The molecule has 0 unspecified atom stereocenters. The highest BCUT2D eigenvalue weighted by Crippen LogP contribution is 2.08. The molecule has 0 saturated heterocycles. The van der Waals surface area contributed by atoms with Crippen LogP contribution in [0.5, 0.6) is 0 Å². The molecule has 0 rings (SSSR count). The molecule has 2 N–H and O–H groups in total. The lowest BCUT2D eigenvalue weighted by Crippen LogP contribution is -2.11. The summed E-state index contributed by atoms with van der Waals surface area (Å²) >= 11 is 0. The van der Waals surface area contributed by atoms with Crippen molar-refractivity contribution in [1.29, 1.82) is 0 Å². The van der Waals surface area contributed by atoms with E-state index in [-0.39, 0.29) is 0 Å². The fourth-order valence-corrected chi connectivity index (χ4v) is 1.42. The number of hydrogen-bond acceptors (Lipinski definition) is 3. The lowest BCUT2D eigenvalue weighted by atomic mass is 10.1. The van der Waals surface area contributed by atoms with Crippen molar-refractivity contribution in [3.05, 3.63) is 11.9 Å². The molecule has 0 spiro atoms. The molecule has 0 aliphatic carbocycles. The van der Waals surface area contributed by atoms with Crippen LogP contribution in [0.2, 0.25) is 0 Å². The van der Waals surface area contributed by atoms with E-state index in [1.54, 1.807) is 5.01 Å². The molecule has 0 aromatic heterocycles. The Morgan fingerprint density at radius 3 is 2.47 bits per heavy atom. The lowest BCUT2D eigenvalue weighted by molar-refractivity contribution is 0.420. The number of unbranched alkanes of at least 4 members (excludes halogenated alkanes) is 4. The zero-order chi connectivity index (χ0) is 11.5. The van der Waals surface area contributed by atoms with Crippen LogP contribution in [0.1, 0.15) is 52.4 Å². The zero-order valence-electron chi connectivity index (χ0n) is 10.2. The summed E-state index contributed by atoms with van der Waals surface area (Å²) in [4.78, 5) is 0. The molecule has 0 aromatic carbocycles. The Kier molecular flexibility index (Phi) is 8.93. The fraction of sp³-hybridized carbons (Fsp3) is 0.750. The van der Waals surface area contributed by atoms with Crippen LogP contribution in [0, 0.1) is 0 Å². The minimum atomic E-state index is 0.819. The summed E-state index contributed by atoms with van der Waals surface area (Å²) in [5.74, 6) is 0. The maximum absolute atomic E-state index is 5.87. The number of allylic oxidation sites excluding steroid dienone is 1. The number of hydrazone groups is 1. The van der Waals surface area contributed by atoms with Gasteiger partial charge in [-0.3, -0.25) is 5.01 Å². The highest BCUT2D eigenvalue weighted by Gasteiger charge is 1.95. The van der Waals surface area contributed by atoms with Gasteiger partial charge in [0.15, 0.2) is 0 Å². The van der Waals surface area contributed by atoms with Crippen molar-refractivity contribution in [3.8, 4) is 0 Å². The molecule has 0 atom stereocenters. The lowest BCUT2D eigenvalue weighted by Gasteiger charge is -2.11. The number of rotatable bonds is 9. The zero-order valence-corrected chi connectivity index (χ0v) is 10.2. The van der Waals surface area contributed by atoms with E-state index in [0.717, 1.165) is 18.7 Å². The topological polar surface area (TPSA) is 41.6 Å². The molecule has 0 bridgehead atoms. The first-order valence-corrected chi connectivity index (χ1v) is 5.94. The van der Waals surface area contributed by atoms with E-state index in [4.69, 9.17) is 5.73 Å². The Hall–Kier alpha value is -0.990. The van der Waals surface area contributed by atoms with Gasteiger partial charge in [0.2, 0.25) is 0 Å². The van der Waals surface area contributed by atoms with Crippen LogP contribution in [0.15, 0.2) is 17.0 Å². The molecule has 0 radical (unpaired) electrons. The summed E-state index contributed by atoms with van der Waals surface area (Å²) in [7, 11) is 0. The van der Waals surface area contributed by atoms with E-state index in [0.29, 0.717) is 0 Å². The second kappa shape index (κ2) is 9.56. The first-order chi connectivity index (χ1) is 7.24. The van der Waals surface area contributed by atoms with Crippen molar-refractivity contribution in [2.75, 3.05) is 6.54 Å². The SMILES string of the molecule is C=NN(/C=C(\N)CCCCCCC)CC. The van der Waals surface area contributed by atoms with E-state index < -0.39 is 0 Å². The molecule has 0 heterocycles. The van der Waals surface area contributed by atoms with Crippen LogP contribution in [0.4, 0.5) is 0 Å². The van der Waals surface area contributed by atoms with Gasteiger partial charge in [0, 0.05) is 25.2 Å². The average Bonchev–Trinajstić information content (AvgIpc) is 2.25. The van der Waals surface area contributed by atoms with Crippen molar-refractivity contribution in [2.45, 2.75) is 52.4 Å². The molecule has 3 nitrogen and oxygen atoms in total. The molecular formula is C12H25N3. The van der Waals surface area contributed by atoms with E-state index >= 15 is 0 Å². The highest BCUT2D eigenvalue weighted by atomic mass is 15.4. The molecule has 3 heteroatoms. The van der Waals surface area contributed by atoms with Gasteiger partial charge in [-0.2, -0.15) is 5.10 Å². The minimum Gasteiger partial charge on any atom is -0.401 e. The van der Waals surface area contributed by atoms with Gasteiger partial charge in [-0.05, 0) is 19.8 Å². The smallest absolute Gasteiger partial charge is 0.0419 e. The van der Waals surface area contributed by atoms with E-state index in [1.807, 2.05) is 13.1 Å². The van der Waals surface area contributed by atoms with Gasteiger partial charge in [0.05, 0.1) is 0 Å². The Morgan fingerprint density at radius 2 is 1.93 bits per heavy atom. The molecule has 0 aliphatic rings. The van der Waals surface area contributed by atoms with Crippen LogP contribution in [-0.2, 0) is 0 Å². The molecule has 0 fully saturated rings. The van der Waals surface area contributed by atoms with Crippen molar-refractivity contribution in [2.24, 2.45) is 10.8 Å². The monoisotopic (exact) mass is 211 g/mol. The third-order valence-electron chi connectivity index (χ3n) is 2.39. The second-order valence-corrected chi connectivity index (χ2v) is 3.77. The summed E-state index contributed by atoms with van der Waals surface area (Å²) in [6.07, 6.45) is 9.24. The third-order valence-corrected chi connectivity index (χ3v) is 2.39. The molecule has 0 amide bonds. The average molecular weight is 211 g/mol. The second-order valence-electron chi connectivity index (χ2n) is 3.77. The number of nitrogens with zero attached hydrogens (tertiary/aromatic N) is 2. The predicted octanol–water partition coefficient (Wildman–Crippen LogP) is 3.08. The molecule has 15 heavy (non-hydrogen) atoms. The maximum atomic E-state index is 5.87. The normalized spacial score (nSPS) is 11.5. The van der Waals surface area contributed by atoms with E-state index in [1.165, 1.54) is 32.1 Å². The molecular weight excluding hydrogens is 186 g/mol. The van der Waals surface area contributed by atoms with Crippen molar-refractivity contribution < 1.29 is 0 Å². The van der Waals surface area contributed by atoms with Crippen LogP contribution in [0.25, 0.3) is 0 Å². The summed E-state index contributed by atoms with van der Waals surface area (Å²) in [5, 5.41) is 5.60.